The minimum absolute atomic E-state index is 0.352. The molecule has 0 radical (unpaired) electrons. The average Bonchev–Trinajstić information content (AvgIpc) is 2.43. The van der Waals surface area contributed by atoms with Crippen molar-refractivity contribution in [3.63, 3.8) is 0 Å². The largest absolute Gasteiger partial charge is 0.305 e. The molecule has 0 N–H and O–H groups in total. The van der Waals surface area contributed by atoms with Crippen LogP contribution in [-0.4, -0.2) is 9.75 Å². The van der Waals surface area contributed by atoms with Crippen LogP contribution in [0.15, 0.2) is 18.2 Å². The van der Waals surface area contributed by atoms with E-state index in [1.165, 1.54) is 12.5 Å². The van der Waals surface area contributed by atoms with E-state index >= 15 is 0 Å². The summed E-state index contributed by atoms with van der Waals surface area (Å²) < 4.78 is 14.1. The maximum Gasteiger partial charge on any atom is 0.305 e. The zero-order chi connectivity index (χ0) is 14.7. The molecule has 1 aliphatic carbocycles. The topological polar surface area (TPSA) is 43.1 Å². The molecule has 1 aliphatic rings. The first-order valence-corrected chi connectivity index (χ1v) is 8.00. The van der Waals surface area contributed by atoms with Gasteiger partial charge in [0.05, 0.1) is 4.92 Å². The lowest BCUT2D eigenvalue weighted by Crippen LogP contribution is -2.26. The van der Waals surface area contributed by atoms with Crippen LogP contribution >= 0.6 is 15.9 Å². The van der Waals surface area contributed by atoms with Crippen molar-refractivity contribution in [2.24, 2.45) is 11.8 Å². The van der Waals surface area contributed by atoms with Gasteiger partial charge in [-0.3, -0.25) is 10.1 Å². The molecule has 3 atom stereocenters. The average molecular weight is 344 g/mol. The van der Waals surface area contributed by atoms with Crippen molar-refractivity contribution in [1.82, 2.24) is 0 Å². The van der Waals surface area contributed by atoms with E-state index in [0.717, 1.165) is 19.3 Å². The molecule has 0 saturated heterocycles. The summed E-state index contributed by atoms with van der Waals surface area (Å²) in [5.74, 6) is 0.372. The Morgan fingerprint density at radius 3 is 2.85 bits per heavy atom. The van der Waals surface area contributed by atoms with Crippen molar-refractivity contribution < 1.29 is 9.31 Å². The molecule has 0 spiro atoms. The molecular formula is C15H19BrFNO2. The van der Waals surface area contributed by atoms with Crippen LogP contribution in [0.3, 0.4) is 0 Å². The number of nitro benzene ring substituents is 1. The number of rotatable bonds is 4. The van der Waals surface area contributed by atoms with Crippen LogP contribution in [0.2, 0.25) is 0 Å². The van der Waals surface area contributed by atoms with Crippen molar-refractivity contribution >= 4 is 21.6 Å². The summed E-state index contributed by atoms with van der Waals surface area (Å²) in [6, 6.07) is 4.46. The van der Waals surface area contributed by atoms with Gasteiger partial charge in [-0.25, -0.2) is 0 Å². The predicted octanol–water partition coefficient (Wildman–Crippen LogP) is 4.87. The van der Waals surface area contributed by atoms with Gasteiger partial charge in [-0.1, -0.05) is 41.4 Å². The molecule has 1 aromatic carbocycles. The number of nitrogens with zero attached hydrogens (tertiary/aromatic N) is 1. The Morgan fingerprint density at radius 2 is 2.20 bits per heavy atom. The monoisotopic (exact) mass is 343 g/mol. The SMILES string of the molecule is CCC1CCC(Br)C(Cc2cccc([N+](=O)[O-])c2F)C1. The zero-order valence-electron chi connectivity index (χ0n) is 11.5. The Labute approximate surface area is 126 Å². The number of hydrogen-bond donors (Lipinski definition) is 0. The van der Waals surface area contributed by atoms with Gasteiger partial charge in [-0.05, 0) is 43.1 Å². The normalized spacial score (nSPS) is 26.4. The molecule has 0 heterocycles. The molecule has 2 rings (SSSR count). The zero-order valence-corrected chi connectivity index (χ0v) is 13.1. The van der Waals surface area contributed by atoms with E-state index in [-0.39, 0.29) is 0 Å². The van der Waals surface area contributed by atoms with Crippen LogP contribution < -0.4 is 0 Å². The van der Waals surface area contributed by atoms with Gasteiger partial charge < -0.3 is 0 Å². The minimum Gasteiger partial charge on any atom is -0.258 e. The maximum atomic E-state index is 14.1. The van der Waals surface area contributed by atoms with Gasteiger partial charge in [0.2, 0.25) is 5.82 Å². The summed E-state index contributed by atoms with van der Waals surface area (Å²) in [5.41, 5.74) is 0.0434. The molecule has 3 nitrogen and oxygen atoms in total. The van der Waals surface area contributed by atoms with Gasteiger partial charge in [0.1, 0.15) is 0 Å². The molecule has 0 aliphatic heterocycles. The quantitative estimate of drug-likeness (QED) is 0.444. The van der Waals surface area contributed by atoms with Gasteiger partial charge in [0.25, 0.3) is 0 Å². The highest BCUT2D eigenvalue weighted by molar-refractivity contribution is 9.09. The number of halogens is 2. The third-order valence-corrected chi connectivity index (χ3v) is 5.52. The lowest BCUT2D eigenvalue weighted by molar-refractivity contribution is -0.387. The fourth-order valence-electron chi connectivity index (χ4n) is 3.05. The van der Waals surface area contributed by atoms with Crippen LogP contribution in [0.4, 0.5) is 10.1 Å². The first-order valence-electron chi connectivity index (χ1n) is 7.08. The lowest BCUT2D eigenvalue weighted by Gasteiger charge is -2.33. The molecule has 3 unspecified atom stereocenters. The number of hydrogen-bond acceptors (Lipinski definition) is 2. The number of nitro groups is 1. The van der Waals surface area contributed by atoms with Crippen LogP contribution in [0.1, 0.15) is 38.2 Å². The van der Waals surface area contributed by atoms with Crippen LogP contribution in [0.25, 0.3) is 0 Å². The van der Waals surface area contributed by atoms with Crippen LogP contribution in [0.5, 0.6) is 0 Å². The Kier molecular flexibility index (Phi) is 5.13. The second-order valence-electron chi connectivity index (χ2n) is 5.57. The van der Waals surface area contributed by atoms with E-state index in [4.69, 9.17) is 0 Å². The summed E-state index contributed by atoms with van der Waals surface area (Å²) in [6.45, 7) is 2.18. The highest BCUT2D eigenvalue weighted by Gasteiger charge is 2.29. The Hall–Kier alpha value is -0.970. The Balaban J connectivity index is 2.16. The molecule has 5 heteroatoms. The van der Waals surface area contributed by atoms with Crippen molar-refractivity contribution in [2.45, 2.75) is 43.9 Å². The van der Waals surface area contributed by atoms with E-state index in [1.807, 2.05) is 0 Å². The third-order valence-electron chi connectivity index (χ3n) is 4.31. The standard InChI is InChI=1S/C15H19BrFNO2/c1-2-10-6-7-13(16)12(8-10)9-11-4-3-5-14(15(11)17)18(19)20/h3-5,10,12-13H,2,6-9H2,1H3. The Bertz CT molecular complexity index is 495. The first-order chi connectivity index (χ1) is 9.52. The minimum atomic E-state index is -0.671. The van der Waals surface area contributed by atoms with Gasteiger partial charge in [-0.15, -0.1) is 0 Å². The summed E-state index contributed by atoms with van der Waals surface area (Å²) in [4.78, 5) is 10.5. The van der Waals surface area contributed by atoms with Gasteiger partial charge in [0, 0.05) is 10.9 Å². The highest BCUT2D eigenvalue weighted by Crippen LogP contribution is 2.38. The second kappa shape index (κ2) is 6.66. The molecule has 110 valence electrons. The fourth-order valence-corrected chi connectivity index (χ4v) is 3.72. The van der Waals surface area contributed by atoms with Gasteiger partial charge >= 0.3 is 5.69 Å². The van der Waals surface area contributed by atoms with E-state index in [2.05, 4.69) is 22.9 Å². The van der Waals surface area contributed by atoms with E-state index < -0.39 is 16.4 Å². The molecule has 1 aromatic rings. The van der Waals surface area contributed by atoms with E-state index in [9.17, 15) is 14.5 Å². The summed E-state index contributed by atoms with van der Waals surface area (Å²) >= 11 is 3.68. The lowest BCUT2D eigenvalue weighted by atomic mass is 9.77. The van der Waals surface area contributed by atoms with Crippen molar-refractivity contribution in [3.05, 3.63) is 39.7 Å². The van der Waals surface area contributed by atoms with E-state index in [0.29, 0.717) is 28.6 Å². The number of alkyl halides is 1. The Morgan fingerprint density at radius 1 is 1.45 bits per heavy atom. The molecule has 1 saturated carbocycles. The molecule has 0 aromatic heterocycles. The van der Waals surface area contributed by atoms with Crippen molar-refractivity contribution in [3.8, 4) is 0 Å². The van der Waals surface area contributed by atoms with Gasteiger partial charge in [0.15, 0.2) is 0 Å². The summed E-state index contributed by atoms with van der Waals surface area (Å²) in [6.07, 6.45) is 5.09. The molecule has 0 bridgehead atoms. The highest BCUT2D eigenvalue weighted by atomic mass is 79.9. The fraction of sp³-hybridized carbons (Fsp3) is 0.600. The smallest absolute Gasteiger partial charge is 0.258 e. The van der Waals surface area contributed by atoms with Crippen molar-refractivity contribution in [1.29, 1.82) is 0 Å². The first kappa shape index (κ1) is 15.4. The summed E-state index contributed by atoms with van der Waals surface area (Å²) in [7, 11) is 0. The maximum absolute atomic E-state index is 14.1. The molecule has 0 amide bonds. The van der Waals surface area contributed by atoms with E-state index in [1.54, 1.807) is 12.1 Å². The third kappa shape index (κ3) is 3.37. The predicted molar refractivity (Wildman–Crippen MR) is 80.6 cm³/mol. The van der Waals surface area contributed by atoms with Crippen molar-refractivity contribution in [2.75, 3.05) is 0 Å². The second-order valence-corrected chi connectivity index (χ2v) is 6.75. The van der Waals surface area contributed by atoms with Crippen LogP contribution in [-0.2, 0) is 6.42 Å². The summed E-state index contributed by atoms with van der Waals surface area (Å²) in [5, 5.41) is 10.8. The van der Waals surface area contributed by atoms with Gasteiger partial charge in [-0.2, -0.15) is 4.39 Å². The number of benzene rings is 1. The molecular weight excluding hydrogens is 325 g/mol. The molecule has 20 heavy (non-hydrogen) atoms. The van der Waals surface area contributed by atoms with Crippen LogP contribution in [0, 0.1) is 27.8 Å². The molecule has 1 fully saturated rings.